The molecule has 0 unspecified atom stereocenters. The van der Waals surface area contributed by atoms with Crippen LogP contribution in [0.1, 0.15) is 34.6 Å². The van der Waals surface area contributed by atoms with Crippen LogP contribution in [0.4, 0.5) is 10.1 Å². The minimum absolute atomic E-state index is 0.0862. The standard InChI is InChI=1S/C18H19FN2O2/c1-3-21(4-2)18(23)14-8-6-10-16(12-14)20-17(22)13-7-5-9-15(19)11-13/h5-12H,3-4H2,1-2H3,(H,20,22). The van der Waals surface area contributed by atoms with Crippen molar-refractivity contribution in [2.45, 2.75) is 13.8 Å². The normalized spacial score (nSPS) is 10.2. The van der Waals surface area contributed by atoms with Gasteiger partial charge in [-0.3, -0.25) is 9.59 Å². The van der Waals surface area contributed by atoms with E-state index in [0.29, 0.717) is 24.3 Å². The highest BCUT2D eigenvalue weighted by atomic mass is 19.1. The molecule has 2 aromatic carbocycles. The lowest BCUT2D eigenvalue weighted by atomic mass is 10.1. The lowest BCUT2D eigenvalue weighted by molar-refractivity contribution is 0.0772. The summed E-state index contributed by atoms with van der Waals surface area (Å²) in [5.74, 6) is -0.975. The van der Waals surface area contributed by atoms with E-state index in [4.69, 9.17) is 0 Å². The van der Waals surface area contributed by atoms with Crippen molar-refractivity contribution in [1.82, 2.24) is 4.90 Å². The smallest absolute Gasteiger partial charge is 0.255 e. The summed E-state index contributed by atoms with van der Waals surface area (Å²) in [6.07, 6.45) is 0. The number of hydrogen-bond donors (Lipinski definition) is 1. The van der Waals surface area contributed by atoms with E-state index in [1.165, 1.54) is 24.3 Å². The molecule has 4 nitrogen and oxygen atoms in total. The molecule has 0 saturated heterocycles. The fourth-order valence-electron chi connectivity index (χ4n) is 2.26. The van der Waals surface area contributed by atoms with Crippen LogP contribution in [-0.4, -0.2) is 29.8 Å². The van der Waals surface area contributed by atoms with Gasteiger partial charge in [-0.05, 0) is 50.2 Å². The van der Waals surface area contributed by atoms with E-state index in [9.17, 15) is 14.0 Å². The van der Waals surface area contributed by atoms with Gasteiger partial charge in [-0.1, -0.05) is 12.1 Å². The maximum Gasteiger partial charge on any atom is 0.255 e. The van der Waals surface area contributed by atoms with Gasteiger partial charge in [-0.25, -0.2) is 4.39 Å². The Bertz CT molecular complexity index is 712. The van der Waals surface area contributed by atoms with Crippen LogP contribution in [-0.2, 0) is 0 Å². The molecular weight excluding hydrogens is 295 g/mol. The van der Waals surface area contributed by atoms with Gasteiger partial charge >= 0.3 is 0 Å². The molecule has 2 aromatic rings. The molecule has 0 saturated carbocycles. The lowest BCUT2D eigenvalue weighted by Crippen LogP contribution is -2.30. The summed E-state index contributed by atoms with van der Waals surface area (Å²) in [6.45, 7) is 5.07. The van der Waals surface area contributed by atoms with Crippen LogP contribution >= 0.6 is 0 Å². The van der Waals surface area contributed by atoms with Crippen LogP contribution in [0, 0.1) is 5.82 Å². The quantitative estimate of drug-likeness (QED) is 0.917. The van der Waals surface area contributed by atoms with Gasteiger partial charge in [0.25, 0.3) is 11.8 Å². The molecule has 0 bridgehead atoms. The molecule has 23 heavy (non-hydrogen) atoms. The zero-order valence-electron chi connectivity index (χ0n) is 13.2. The Balaban J connectivity index is 2.17. The van der Waals surface area contributed by atoms with Crippen molar-refractivity contribution in [3.63, 3.8) is 0 Å². The molecule has 5 heteroatoms. The molecule has 0 aliphatic carbocycles. The van der Waals surface area contributed by atoms with E-state index >= 15 is 0 Å². The van der Waals surface area contributed by atoms with Crippen molar-refractivity contribution in [1.29, 1.82) is 0 Å². The summed E-state index contributed by atoms with van der Waals surface area (Å²) in [5, 5.41) is 2.68. The second-order valence-electron chi connectivity index (χ2n) is 5.02. The van der Waals surface area contributed by atoms with Crippen LogP contribution in [0.25, 0.3) is 0 Å². The van der Waals surface area contributed by atoms with E-state index in [-0.39, 0.29) is 11.5 Å². The monoisotopic (exact) mass is 314 g/mol. The van der Waals surface area contributed by atoms with Gasteiger partial charge in [0.1, 0.15) is 5.82 Å². The van der Waals surface area contributed by atoms with Crippen molar-refractivity contribution in [3.8, 4) is 0 Å². The third kappa shape index (κ3) is 4.16. The number of benzene rings is 2. The zero-order chi connectivity index (χ0) is 16.8. The van der Waals surface area contributed by atoms with E-state index < -0.39 is 11.7 Å². The van der Waals surface area contributed by atoms with E-state index in [2.05, 4.69) is 5.32 Å². The molecule has 2 rings (SSSR count). The summed E-state index contributed by atoms with van der Waals surface area (Å²) in [6, 6.07) is 12.2. The fourth-order valence-corrected chi connectivity index (χ4v) is 2.26. The van der Waals surface area contributed by atoms with Crippen LogP contribution < -0.4 is 5.32 Å². The van der Waals surface area contributed by atoms with Gasteiger partial charge in [0.05, 0.1) is 0 Å². The number of nitrogens with one attached hydrogen (secondary N) is 1. The highest BCUT2D eigenvalue weighted by Crippen LogP contribution is 2.14. The van der Waals surface area contributed by atoms with Gasteiger partial charge < -0.3 is 10.2 Å². The maximum atomic E-state index is 13.2. The third-order valence-corrected chi connectivity index (χ3v) is 3.50. The summed E-state index contributed by atoms with van der Waals surface area (Å²) < 4.78 is 13.2. The minimum Gasteiger partial charge on any atom is -0.339 e. The second-order valence-corrected chi connectivity index (χ2v) is 5.02. The Hall–Kier alpha value is -2.69. The second kappa shape index (κ2) is 7.54. The lowest BCUT2D eigenvalue weighted by Gasteiger charge is -2.19. The highest BCUT2D eigenvalue weighted by Gasteiger charge is 2.13. The summed E-state index contributed by atoms with van der Waals surface area (Å²) in [7, 11) is 0. The molecular formula is C18H19FN2O2. The number of hydrogen-bond acceptors (Lipinski definition) is 2. The first-order chi connectivity index (χ1) is 11.0. The highest BCUT2D eigenvalue weighted by molar-refractivity contribution is 6.05. The molecule has 0 aliphatic heterocycles. The Morgan fingerprint density at radius 2 is 1.65 bits per heavy atom. The number of amides is 2. The number of nitrogens with zero attached hydrogens (tertiary/aromatic N) is 1. The van der Waals surface area contributed by atoms with E-state index in [0.717, 1.165) is 0 Å². The Morgan fingerprint density at radius 1 is 1.00 bits per heavy atom. The minimum atomic E-state index is -0.469. The van der Waals surface area contributed by atoms with Crippen LogP contribution in [0.15, 0.2) is 48.5 Å². The fraction of sp³-hybridized carbons (Fsp3) is 0.222. The largest absolute Gasteiger partial charge is 0.339 e. The summed E-state index contributed by atoms with van der Waals surface area (Å²) in [4.78, 5) is 26.1. The molecule has 0 fully saturated rings. The Labute approximate surface area is 134 Å². The molecule has 0 aromatic heterocycles. The van der Waals surface area contributed by atoms with Gasteiger partial charge in [0, 0.05) is 29.9 Å². The molecule has 120 valence electrons. The Kier molecular flexibility index (Phi) is 5.46. The van der Waals surface area contributed by atoms with Crippen molar-refractivity contribution < 1.29 is 14.0 Å². The van der Waals surface area contributed by atoms with Gasteiger partial charge in [-0.2, -0.15) is 0 Å². The van der Waals surface area contributed by atoms with E-state index in [1.54, 1.807) is 29.2 Å². The first-order valence-corrected chi connectivity index (χ1v) is 7.51. The van der Waals surface area contributed by atoms with Gasteiger partial charge in [0.15, 0.2) is 0 Å². The molecule has 0 heterocycles. The maximum absolute atomic E-state index is 13.2. The molecule has 0 atom stereocenters. The first-order valence-electron chi connectivity index (χ1n) is 7.51. The summed E-state index contributed by atoms with van der Waals surface area (Å²) >= 11 is 0. The predicted molar refractivity (Wildman–Crippen MR) is 88.0 cm³/mol. The van der Waals surface area contributed by atoms with Crippen molar-refractivity contribution in [2.24, 2.45) is 0 Å². The molecule has 0 aliphatic rings. The average molecular weight is 314 g/mol. The summed E-state index contributed by atoms with van der Waals surface area (Å²) in [5.41, 5.74) is 1.23. The molecule has 0 radical (unpaired) electrons. The number of anilines is 1. The molecule has 0 spiro atoms. The number of carbonyl (C=O) groups excluding carboxylic acids is 2. The third-order valence-electron chi connectivity index (χ3n) is 3.50. The number of carbonyl (C=O) groups is 2. The molecule has 2 amide bonds. The SMILES string of the molecule is CCN(CC)C(=O)c1cccc(NC(=O)c2cccc(F)c2)c1. The average Bonchev–Trinajstić information content (AvgIpc) is 2.56. The Morgan fingerprint density at radius 3 is 2.30 bits per heavy atom. The van der Waals surface area contributed by atoms with Crippen LogP contribution in [0.2, 0.25) is 0 Å². The van der Waals surface area contributed by atoms with Gasteiger partial charge in [0.2, 0.25) is 0 Å². The zero-order valence-corrected chi connectivity index (χ0v) is 13.2. The number of rotatable bonds is 5. The van der Waals surface area contributed by atoms with Crippen molar-refractivity contribution in [3.05, 3.63) is 65.5 Å². The van der Waals surface area contributed by atoms with Crippen molar-refractivity contribution >= 4 is 17.5 Å². The molecule has 1 N–H and O–H groups in total. The van der Waals surface area contributed by atoms with Gasteiger partial charge in [-0.15, -0.1) is 0 Å². The first kappa shape index (κ1) is 16.7. The van der Waals surface area contributed by atoms with E-state index in [1.807, 2.05) is 13.8 Å². The topological polar surface area (TPSA) is 49.4 Å². The number of halogens is 1. The van der Waals surface area contributed by atoms with Crippen molar-refractivity contribution in [2.75, 3.05) is 18.4 Å². The predicted octanol–water partition coefficient (Wildman–Crippen LogP) is 3.56. The van der Waals surface area contributed by atoms with Crippen LogP contribution in [0.3, 0.4) is 0 Å². The van der Waals surface area contributed by atoms with Crippen LogP contribution in [0.5, 0.6) is 0 Å².